The van der Waals surface area contributed by atoms with Gasteiger partial charge in [-0.15, -0.1) is 11.6 Å². The van der Waals surface area contributed by atoms with Gasteiger partial charge in [0.1, 0.15) is 11.5 Å². The number of carbonyl (C=O) groups excluding carboxylic acids is 1. The Morgan fingerprint density at radius 2 is 1.94 bits per heavy atom. The summed E-state index contributed by atoms with van der Waals surface area (Å²) < 4.78 is 10.2. The summed E-state index contributed by atoms with van der Waals surface area (Å²) in [5, 5.41) is 3.09. The summed E-state index contributed by atoms with van der Waals surface area (Å²) in [6, 6.07) is 3.18. The lowest BCUT2D eigenvalue weighted by Gasteiger charge is -2.12. The van der Waals surface area contributed by atoms with Gasteiger partial charge in [0.15, 0.2) is 0 Å². The summed E-state index contributed by atoms with van der Waals surface area (Å²) >= 11 is 11.4. The van der Waals surface area contributed by atoms with Crippen LogP contribution in [0.4, 0.5) is 5.69 Å². The molecule has 1 rings (SSSR count). The molecule has 0 unspecified atom stereocenters. The van der Waals surface area contributed by atoms with Crippen LogP contribution in [0.1, 0.15) is 6.42 Å². The van der Waals surface area contributed by atoms with Gasteiger partial charge >= 0.3 is 0 Å². The van der Waals surface area contributed by atoms with Crippen LogP contribution in [-0.4, -0.2) is 26.0 Å². The first-order valence-corrected chi connectivity index (χ1v) is 5.81. The van der Waals surface area contributed by atoms with Crippen molar-refractivity contribution in [1.82, 2.24) is 0 Å². The first-order valence-electron chi connectivity index (χ1n) is 4.89. The van der Waals surface area contributed by atoms with Crippen LogP contribution in [0, 0.1) is 0 Å². The molecule has 0 saturated heterocycles. The summed E-state index contributed by atoms with van der Waals surface area (Å²) in [6.45, 7) is 0. The highest BCUT2D eigenvalue weighted by Crippen LogP contribution is 2.35. The van der Waals surface area contributed by atoms with Gasteiger partial charge in [-0.25, -0.2) is 0 Å². The lowest BCUT2D eigenvalue weighted by molar-refractivity contribution is -0.115. The number of methoxy groups -OCH3 is 2. The van der Waals surface area contributed by atoms with Crippen LogP contribution in [0.15, 0.2) is 12.1 Å². The van der Waals surface area contributed by atoms with E-state index in [0.29, 0.717) is 22.2 Å². The molecule has 1 aromatic rings. The number of nitrogens with one attached hydrogen (secondary N) is 1. The smallest absolute Gasteiger partial charge is 0.225 e. The number of rotatable bonds is 5. The van der Waals surface area contributed by atoms with Gasteiger partial charge in [0, 0.05) is 24.4 Å². The molecule has 94 valence electrons. The van der Waals surface area contributed by atoms with E-state index in [1.54, 1.807) is 12.1 Å². The molecule has 0 spiro atoms. The molecular weight excluding hydrogens is 265 g/mol. The van der Waals surface area contributed by atoms with E-state index in [0.717, 1.165) is 0 Å². The van der Waals surface area contributed by atoms with E-state index in [2.05, 4.69) is 5.32 Å². The van der Waals surface area contributed by atoms with E-state index in [9.17, 15) is 4.79 Å². The van der Waals surface area contributed by atoms with Crippen molar-refractivity contribution in [3.63, 3.8) is 0 Å². The molecule has 1 N–H and O–H groups in total. The van der Waals surface area contributed by atoms with Gasteiger partial charge < -0.3 is 14.8 Å². The third kappa shape index (κ3) is 3.68. The number of benzene rings is 1. The molecule has 0 aliphatic rings. The fourth-order valence-corrected chi connectivity index (χ4v) is 1.66. The molecule has 0 radical (unpaired) electrons. The van der Waals surface area contributed by atoms with Crippen molar-refractivity contribution < 1.29 is 14.3 Å². The van der Waals surface area contributed by atoms with E-state index in [-0.39, 0.29) is 18.2 Å². The minimum absolute atomic E-state index is 0.192. The maximum atomic E-state index is 11.4. The fourth-order valence-electron chi connectivity index (χ4n) is 1.26. The number of carbonyl (C=O) groups is 1. The largest absolute Gasteiger partial charge is 0.495 e. The highest BCUT2D eigenvalue weighted by Gasteiger charge is 2.12. The van der Waals surface area contributed by atoms with Gasteiger partial charge in [0.05, 0.1) is 24.9 Å². The third-order valence-corrected chi connectivity index (χ3v) is 2.55. The molecule has 4 nitrogen and oxygen atoms in total. The lowest BCUT2D eigenvalue weighted by atomic mass is 10.2. The summed E-state index contributed by atoms with van der Waals surface area (Å²) in [6.07, 6.45) is 0.232. The monoisotopic (exact) mass is 277 g/mol. The van der Waals surface area contributed by atoms with Crippen molar-refractivity contribution in [1.29, 1.82) is 0 Å². The number of hydrogen-bond donors (Lipinski definition) is 1. The number of ether oxygens (including phenoxy) is 2. The first kappa shape index (κ1) is 13.9. The number of anilines is 1. The summed E-state index contributed by atoms with van der Waals surface area (Å²) in [5.41, 5.74) is 0.504. The summed E-state index contributed by atoms with van der Waals surface area (Å²) in [4.78, 5) is 11.4. The number of hydrogen-bond acceptors (Lipinski definition) is 3. The van der Waals surface area contributed by atoms with Crippen molar-refractivity contribution in [2.24, 2.45) is 0 Å². The second kappa shape index (κ2) is 6.57. The van der Waals surface area contributed by atoms with Crippen molar-refractivity contribution in [2.75, 3.05) is 25.4 Å². The van der Waals surface area contributed by atoms with Gasteiger partial charge in [-0.2, -0.15) is 0 Å². The molecular formula is C11H13Cl2NO3. The van der Waals surface area contributed by atoms with Gasteiger partial charge in [0.25, 0.3) is 0 Å². The molecule has 0 fully saturated rings. The molecule has 0 atom stereocenters. The zero-order valence-corrected chi connectivity index (χ0v) is 11.1. The maximum absolute atomic E-state index is 11.4. The van der Waals surface area contributed by atoms with Crippen LogP contribution in [0.5, 0.6) is 11.5 Å². The average Bonchev–Trinajstić information content (AvgIpc) is 2.31. The van der Waals surface area contributed by atoms with Crippen LogP contribution >= 0.6 is 23.2 Å². The SMILES string of the molecule is COc1cc(NC(=O)CCCl)c(OC)cc1Cl. The predicted molar refractivity (Wildman–Crippen MR) is 68.5 cm³/mol. The fraction of sp³-hybridized carbons (Fsp3) is 0.364. The second-order valence-electron chi connectivity index (χ2n) is 3.17. The van der Waals surface area contributed by atoms with Crippen LogP contribution < -0.4 is 14.8 Å². The highest BCUT2D eigenvalue weighted by molar-refractivity contribution is 6.32. The van der Waals surface area contributed by atoms with Crippen LogP contribution in [0.25, 0.3) is 0 Å². The molecule has 0 aromatic heterocycles. The van der Waals surface area contributed by atoms with Crippen molar-refractivity contribution >= 4 is 34.8 Å². The van der Waals surface area contributed by atoms with Crippen LogP contribution in [0.2, 0.25) is 5.02 Å². The number of alkyl halides is 1. The molecule has 1 aromatic carbocycles. The van der Waals surface area contributed by atoms with E-state index in [4.69, 9.17) is 32.7 Å². The Kier molecular flexibility index (Phi) is 5.38. The zero-order valence-electron chi connectivity index (χ0n) is 9.55. The molecule has 0 bridgehead atoms. The molecule has 1 amide bonds. The summed E-state index contributed by atoms with van der Waals surface area (Å²) in [7, 11) is 2.99. The Morgan fingerprint density at radius 1 is 1.29 bits per heavy atom. The third-order valence-electron chi connectivity index (χ3n) is 2.07. The minimum Gasteiger partial charge on any atom is -0.495 e. The van der Waals surface area contributed by atoms with Crippen LogP contribution in [-0.2, 0) is 4.79 Å². The molecule has 0 aliphatic carbocycles. The molecule has 6 heteroatoms. The normalized spacial score (nSPS) is 9.88. The molecule has 0 heterocycles. The Labute approximate surface area is 110 Å². The lowest BCUT2D eigenvalue weighted by Crippen LogP contribution is -2.12. The topological polar surface area (TPSA) is 47.6 Å². The quantitative estimate of drug-likeness (QED) is 0.842. The Bertz CT molecular complexity index is 410. The van der Waals surface area contributed by atoms with Gasteiger partial charge in [-0.3, -0.25) is 4.79 Å². The van der Waals surface area contributed by atoms with Crippen LogP contribution in [0.3, 0.4) is 0 Å². The van der Waals surface area contributed by atoms with E-state index < -0.39 is 0 Å². The van der Waals surface area contributed by atoms with E-state index in [1.807, 2.05) is 0 Å². The average molecular weight is 278 g/mol. The standard InChI is InChI=1S/C11H13Cl2NO3/c1-16-9-6-8(14-11(15)3-4-12)10(17-2)5-7(9)13/h5-6H,3-4H2,1-2H3,(H,14,15). The van der Waals surface area contributed by atoms with Gasteiger partial charge in [-0.1, -0.05) is 11.6 Å². The van der Waals surface area contributed by atoms with Crippen molar-refractivity contribution in [3.05, 3.63) is 17.2 Å². The Balaban J connectivity index is 2.99. The summed E-state index contributed by atoms with van der Waals surface area (Å²) in [5.74, 6) is 1.01. The van der Waals surface area contributed by atoms with E-state index >= 15 is 0 Å². The molecule has 0 saturated carbocycles. The Hall–Kier alpha value is -1.13. The number of amides is 1. The second-order valence-corrected chi connectivity index (χ2v) is 3.96. The molecule has 17 heavy (non-hydrogen) atoms. The van der Waals surface area contributed by atoms with E-state index in [1.165, 1.54) is 14.2 Å². The highest BCUT2D eigenvalue weighted by atomic mass is 35.5. The van der Waals surface area contributed by atoms with Gasteiger partial charge in [-0.05, 0) is 0 Å². The number of halogens is 2. The minimum atomic E-state index is -0.192. The van der Waals surface area contributed by atoms with Crippen molar-refractivity contribution in [2.45, 2.75) is 6.42 Å². The Morgan fingerprint density at radius 3 is 2.47 bits per heavy atom. The predicted octanol–water partition coefficient (Wildman–Crippen LogP) is 2.92. The molecule has 0 aliphatic heterocycles. The van der Waals surface area contributed by atoms with Crippen molar-refractivity contribution in [3.8, 4) is 11.5 Å². The zero-order chi connectivity index (χ0) is 12.8. The first-order chi connectivity index (χ1) is 8.12. The van der Waals surface area contributed by atoms with Gasteiger partial charge in [0.2, 0.25) is 5.91 Å². The maximum Gasteiger partial charge on any atom is 0.225 e.